The smallest absolute Gasteiger partial charge is 0.166 e. The Labute approximate surface area is 81.5 Å². The van der Waals surface area contributed by atoms with E-state index in [2.05, 4.69) is 0 Å². The van der Waals surface area contributed by atoms with E-state index in [1.165, 1.54) is 18.2 Å². The molecule has 0 aromatic heterocycles. The van der Waals surface area contributed by atoms with Gasteiger partial charge in [-0.3, -0.25) is 4.79 Å². The molecule has 0 fully saturated rings. The quantitative estimate of drug-likeness (QED) is 0.670. The second-order valence-electron chi connectivity index (χ2n) is 3.12. The predicted molar refractivity (Wildman–Crippen MR) is 50.6 cm³/mol. The Balaban J connectivity index is 3.15. The summed E-state index contributed by atoms with van der Waals surface area (Å²) in [6.45, 7) is 3.51. The molecule has 0 bridgehead atoms. The molecule has 1 rings (SSSR count). The molecule has 0 saturated heterocycles. The van der Waals surface area contributed by atoms with Gasteiger partial charge in [-0.2, -0.15) is 0 Å². The van der Waals surface area contributed by atoms with Crippen LogP contribution < -0.4 is 0 Å². The highest BCUT2D eigenvalue weighted by molar-refractivity contribution is 6.34. The highest BCUT2D eigenvalue weighted by Crippen LogP contribution is 2.22. The first-order valence-electron chi connectivity index (χ1n) is 4.02. The summed E-state index contributed by atoms with van der Waals surface area (Å²) in [4.78, 5) is 11.5. The maximum absolute atomic E-state index is 12.9. The molecule has 1 aromatic carbocycles. The SMILES string of the molecule is CC(C)C(=O)c1cccc(F)c1Cl. The molecule has 0 radical (unpaired) electrons. The van der Waals surface area contributed by atoms with Crippen LogP contribution in [0.2, 0.25) is 5.02 Å². The third kappa shape index (κ3) is 2.07. The predicted octanol–water partition coefficient (Wildman–Crippen LogP) is 3.32. The van der Waals surface area contributed by atoms with Crippen molar-refractivity contribution in [3.8, 4) is 0 Å². The Kier molecular flexibility index (Phi) is 3.04. The van der Waals surface area contributed by atoms with Gasteiger partial charge in [-0.05, 0) is 12.1 Å². The van der Waals surface area contributed by atoms with Crippen LogP contribution in [0.25, 0.3) is 0 Å². The van der Waals surface area contributed by atoms with Gasteiger partial charge in [0.2, 0.25) is 0 Å². The molecule has 13 heavy (non-hydrogen) atoms. The number of hydrogen-bond acceptors (Lipinski definition) is 1. The normalized spacial score (nSPS) is 10.5. The van der Waals surface area contributed by atoms with Gasteiger partial charge >= 0.3 is 0 Å². The van der Waals surface area contributed by atoms with Crippen LogP contribution in [-0.4, -0.2) is 5.78 Å². The van der Waals surface area contributed by atoms with E-state index in [9.17, 15) is 9.18 Å². The number of Topliss-reactive ketones (excluding diaryl/α,β-unsaturated/α-hetero) is 1. The van der Waals surface area contributed by atoms with Gasteiger partial charge in [-0.15, -0.1) is 0 Å². The van der Waals surface area contributed by atoms with Crippen molar-refractivity contribution in [1.82, 2.24) is 0 Å². The van der Waals surface area contributed by atoms with Gasteiger partial charge in [-0.25, -0.2) is 4.39 Å². The van der Waals surface area contributed by atoms with Crippen LogP contribution in [0.15, 0.2) is 18.2 Å². The number of carbonyl (C=O) groups excluding carboxylic acids is 1. The third-order valence-electron chi connectivity index (χ3n) is 1.74. The maximum Gasteiger partial charge on any atom is 0.166 e. The summed E-state index contributed by atoms with van der Waals surface area (Å²) in [6.07, 6.45) is 0. The summed E-state index contributed by atoms with van der Waals surface area (Å²) < 4.78 is 12.9. The topological polar surface area (TPSA) is 17.1 Å². The minimum Gasteiger partial charge on any atom is -0.294 e. The Morgan fingerprint density at radius 3 is 2.62 bits per heavy atom. The highest BCUT2D eigenvalue weighted by atomic mass is 35.5. The number of rotatable bonds is 2. The molecular weight excluding hydrogens is 191 g/mol. The lowest BCUT2D eigenvalue weighted by Crippen LogP contribution is -2.08. The molecule has 0 spiro atoms. The molecule has 0 saturated carbocycles. The van der Waals surface area contributed by atoms with Crippen molar-refractivity contribution in [1.29, 1.82) is 0 Å². The molecule has 0 atom stereocenters. The highest BCUT2D eigenvalue weighted by Gasteiger charge is 2.15. The fourth-order valence-electron chi connectivity index (χ4n) is 1.01. The van der Waals surface area contributed by atoms with Crippen LogP contribution in [0.4, 0.5) is 4.39 Å². The van der Waals surface area contributed by atoms with E-state index in [1.807, 2.05) is 0 Å². The Hall–Kier alpha value is -0.890. The van der Waals surface area contributed by atoms with Crippen LogP contribution in [0.5, 0.6) is 0 Å². The number of hydrogen-bond donors (Lipinski definition) is 0. The van der Waals surface area contributed by atoms with E-state index in [0.717, 1.165) is 0 Å². The summed E-state index contributed by atoms with van der Waals surface area (Å²) in [5.41, 5.74) is 0.261. The average molecular weight is 201 g/mol. The summed E-state index contributed by atoms with van der Waals surface area (Å²) in [7, 11) is 0. The summed E-state index contributed by atoms with van der Waals surface area (Å²) in [5, 5.41) is -0.0822. The van der Waals surface area contributed by atoms with Gasteiger partial charge < -0.3 is 0 Å². The molecule has 0 amide bonds. The number of ketones is 1. The van der Waals surface area contributed by atoms with Crippen molar-refractivity contribution < 1.29 is 9.18 Å². The minimum absolute atomic E-state index is 0.0822. The number of halogens is 2. The lowest BCUT2D eigenvalue weighted by molar-refractivity contribution is 0.0939. The van der Waals surface area contributed by atoms with E-state index < -0.39 is 5.82 Å². The minimum atomic E-state index is -0.548. The third-order valence-corrected chi connectivity index (χ3v) is 2.13. The molecule has 0 unspecified atom stereocenters. The molecule has 0 aliphatic carbocycles. The lowest BCUT2D eigenvalue weighted by atomic mass is 10.0. The molecular formula is C10H10ClFO. The van der Waals surface area contributed by atoms with Gasteiger partial charge in [0.25, 0.3) is 0 Å². The first kappa shape index (κ1) is 10.2. The van der Waals surface area contributed by atoms with Crippen molar-refractivity contribution in [3.05, 3.63) is 34.6 Å². The van der Waals surface area contributed by atoms with E-state index in [-0.39, 0.29) is 22.3 Å². The van der Waals surface area contributed by atoms with E-state index in [1.54, 1.807) is 13.8 Å². The lowest BCUT2D eigenvalue weighted by Gasteiger charge is -2.06. The average Bonchev–Trinajstić information content (AvgIpc) is 2.08. The Bertz CT molecular complexity index is 334. The second-order valence-corrected chi connectivity index (χ2v) is 3.50. The standard InChI is InChI=1S/C10H10ClFO/c1-6(2)10(13)7-4-3-5-8(12)9(7)11/h3-6H,1-2H3. The summed E-state index contributed by atoms with van der Waals surface area (Å²) >= 11 is 5.64. The zero-order valence-electron chi connectivity index (χ0n) is 7.47. The Morgan fingerprint density at radius 2 is 2.08 bits per heavy atom. The molecule has 0 aliphatic heterocycles. The van der Waals surface area contributed by atoms with Crippen molar-refractivity contribution in [2.45, 2.75) is 13.8 Å². The maximum atomic E-state index is 12.9. The summed E-state index contributed by atoms with van der Waals surface area (Å²) in [6, 6.07) is 4.25. The summed E-state index contributed by atoms with van der Waals surface area (Å²) in [5.74, 6) is -0.850. The van der Waals surface area contributed by atoms with Crippen LogP contribution >= 0.6 is 11.6 Å². The van der Waals surface area contributed by atoms with Gasteiger partial charge in [0.05, 0.1) is 5.02 Å². The van der Waals surface area contributed by atoms with E-state index in [4.69, 9.17) is 11.6 Å². The van der Waals surface area contributed by atoms with E-state index in [0.29, 0.717) is 0 Å². The van der Waals surface area contributed by atoms with Crippen molar-refractivity contribution in [2.24, 2.45) is 5.92 Å². The molecule has 1 aromatic rings. The van der Waals surface area contributed by atoms with E-state index >= 15 is 0 Å². The molecule has 0 heterocycles. The van der Waals surface area contributed by atoms with Gasteiger partial charge in [0, 0.05) is 11.5 Å². The first-order valence-corrected chi connectivity index (χ1v) is 4.40. The fourth-order valence-corrected chi connectivity index (χ4v) is 1.22. The number of carbonyl (C=O) groups is 1. The first-order chi connectivity index (χ1) is 6.04. The Morgan fingerprint density at radius 1 is 1.46 bits per heavy atom. The van der Waals surface area contributed by atoms with Gasteiger partial charge in [0.1, 0.15) is 5.82 Å². The fraction of sp³-hybridized carbons (Fsp3) is 0.300. The van der Waals surface area contributed by atoms with Crippen molar-refractivity contribution in [2.75, 3.05) is 0 Å². The van der Waals surface area contributed by atoms with Gasteiger partial charge in [0.15, 0.2) is 5.78 Å². The molecule has 70 valence electrons. The monoisotopic (exact) mass is 200 g/mol. The second kappa shape index (κ2) is 3.88. The largest absolute Gasteiger partial charge is 0.294 e. The zero-order valence-corrected chi connectivity index (χ0v) is 8.23. The molecule has 1 nitrogen and oxygen atoms in total. The van der Waals surface area contributed by atoms with Crippen LogP contribution in [-0.2, 0) is 0 Å². The van der Waals surface area contributed by atoms with Crippen LogP contribution in [0.3, 0.4) is 0 Å². The zero-order chi connectivity index (χ0) is 10.0. The molecule has 0 aliphatic rings. The van der Waals surface area contributed by atoms with Gasteiger partial charge in [-0.1, -0.05) is 31.5 Å². The van der Waals surface area contributed by atoms with Crippen molar-refractivity contribution >= 4 is 17.4 Å². The van der Waals surface area contributed by atoms with Crippen LogP contribution in [0.1, 0.15) is 24.2 Å². The molecule has 0 N–H and O–H groups in total. The van der Waals surface area contributed by atoms with Crippen LogP contribution in [0, 0.1) is 11.7 Å². The molecule has 3 heteroatoms. The number of benzene rings is 1. The van der Waals surface area contributed by atoms with Crippen molar-refractivity contribution in [3.63, 3.8) is 0 Å².